The molecule has 0 aliphatic carbocycles. The van der Waals surface area contributed by atoms with Gasteiger partial charge in [-0.2, -0.15) is 0 Å². The molecule has 0 heterocycles. The van der Waals surface area contributed by atoms with Crippen LogP contribution in [0.15, 0.2) is 58.6 Å². The summed E-state index contributed by atoms with van der Waals surface area (Å²) in [6.45, 7) is 0. The monoisotopic (exact) mass is 274 g/mol. The molecule has 4 nitrogen and oxygen atoms in total. The third-order valence-corrected chi connectivity index (χ3v) is 3.34. The molecule has 0 amide bonds. The SMILES string of the molecule is CSc1ccccc1Oc1ccccc1C(N)=NO. The van der Waals surface area contributed by atoms with Gasteiger partial charge in [0.1, 0.15) is 11.5 Å². The Morgan fingerprint density at radius 1 is 1.11 bits per heavy atom. The molecule has 0 aliphatic rings. The number of para-hydroxylation sites is 2. The molecule has 0 saturated carbocycles. The third kappa shape index (κ3) is 3.00. The lowest BCUT2D eigenvalue weighted by molar-refractivity contribution is 0.318. The Balaban J connectivity index is 2.39. The first-order valence-corrected chi connectivity index (χ1v) is 6.86. The number of hydrogen-bond acceptors (Lipinski definition) is 4. The highest BCUT2D eigenvalue weighted by Crippen LogP contribution is 2.32. The Kier molecular flexibility index (Phi) is 4.30. The van der Waals surface area contributed by atoms with E-state index in [0.717, 1.165) is 10.6 Å². The number of nitrogens with two attached hydrogens (primary N) is 1. The smallest absolute Gasteiger partial charge is 0.173 e. The molecule has 0 fully saturated rings. The van der Waals surface area contributed by atoms with Crippen LogP contribution in [0.25, 0.3) is 0 Å². The Labute approximate surface area is 115 Å². The minimum atomic E-state index is 0.0252. The average Bonchev–Trinajstić information content (AvgIpc) is 2.47. The summed E-state index contributed by atoms with van der Waals surface area (Å²) in [7, 11) is 0. The Morgan fingerprint density at radius 3 is 2.42 bits per heavy atom. The number of amidine groups is 1. The van der Waals surface area contributed by atoms with Crippen molar-refractivity contribution in [1.29, 1.82) is 0 Å². The number of thioether (sulfide) groups is 1. The normalized spacial score (nSPS) is 11.3. The van der Waals surface area contributed by atoms with Crippen LogP contribution >= 0.6 is 11.8 Å². The van der Waals surface area contributed by atoms with Crippen LogP contribution in [0.1, 0.15) is 5.56 Å². The summed E-state index contributed by atoms with van der Waals surface area (Å²) in [5, 5.41) is 11.8. The zero-order chi connectivity index (χ0) is 13.7. The van der Waals surface area contributed by atoms with E-state index in [1.54, 1.807) is 30.0 Å². The van der Waals surface area contributed by atoms with Gasteiger partial charge < -0.3 is 15.7 Å². The van der Waals surface area contributed by atoms with Gasteiger partial charge in [0.2, 0.25) is 0 Å². The molecule has 2 rings (SSSR count). The van der Waals surface area contributed by atoms with Gasteiger partial charge in [-0.25, -0.2) is 0 Å². The van der Waals surface area contributed by atoms with Crippen LogP contribution < -0.4 is 10.5 Å². The molecule has 2 aromatic carbocycles. The second-order valence-corrected chi connectivity index (χ2v) is 4.58. The van der Waals surface area contributed by atoms with Crippen LogP contribution in [-0.2, 0) is 0 Å². The van der Waals surface area contributed by atoms with Crippen LogP contribution in [0.5, 0.6) is 11.5 Å². The fraction of sp³-hybridized carbons (Fsp3) is 0.0714. The molecule has 2 aromatic rings. The Hall–Kier alpha value is -2.14. The van der Waals surface area contributed by atoms with Crippen LogP contribution in [0.4, 0.5) is 0 Å². The van der Waals surface area contributed by atoms with Crippen molar-refractivity contribution < 1.29 is 9.94 Å². The first-order chi connectivity index (χ1) is 9.26. The molecular formula is C14H14N2O2S. The summed E-state index contributed by atoms with van der Waals surface area (Å²) < 4.78 is 5.86. The minimum Gasteiger partial charge on any atom is -0.455 e. The fourth-order valence-corrected chi connectivity index (χ4v) is 2.17. The van der Waals surface area contributed by atoms with Gasteiger partial charge in [0.05, 0.1) is 5.56 Å². The molecule has 0 spiro atoms. The van der Waals surface area contributed by atoms with E-state index < -0.39 is 0 Å². The molecule has 98 valence electrons. The lowest BCUT2D eigenvalue weighted by Gasteiger charge is -2.12. The third-order valence-electron chi connectivity index (χ3n) is 2.56. The largest absolute Gasteiger partial charge is 0.455 e. The van der Waals surface area contributed by atoms with Crippen molar-refractivity contribution in [3.63, 3.8) is 0 Å². The second-order valence-electron chi connectivity index (χ2n) is 3.73. The predicted octanol–water partition coefficient (Wildman–Crippen LogP) is 3.30. The van der Waals surface area contributed by atoms with Gasteiger partial charge >= 0.3 is 0 Å². The van der Waals surface area contributed by atoms with E-state index in [0.29, 0.717) is 11.3 Å². The van der Waals surface area contributed by atoms with E-state index in [4.69, 9.17) is 15.7 Å². The summed E-state index contributed by atoms with van der Waals surface area (Å²) in [5.41, 5.74) is 6.19. The minimum absolute atomic E-state index is 0.0252. The summed E-state index contributed by atoms with van der Waals surface area (Å²) >= 11 is 1.60. The molecule has 0 bridgehead atoms. The average molecular weight is 274 g/mol. The number of oxime groups is 1. The Bertz CT molecular complexity index is 600. The van der Waals surface area contributed by atoms with Gasteiger partial charge in [-0.15, -0.1) is 11.8 Å². The van der Waals surface area contributed by atoms with Crippen molar-refractivity contribution in [3.8, 4) is 11.5 Å². The van der Waals surface area contributed by atoms with Crippen molar-refractivity contribution in [3.05, 3.63) is 54.1 Å². The fourth-order valence-electron chi connectivity index (χ4n) is 1.64. The second kappa shape index (κ2) is 6.15. The number of benzene rings is 2. The highest BCUT2D eigenvalue weighted by molar-refractivity contribution is 7.98. The van der Waals surface area contributed by atoms with Gasteiger partial charge in [-0.3, -0.25) is 0 Å². The zero-order valence-electron chi connectivity index (χ0n) is 10.4. The Morgan fingerprint density at radius 2 is 1.74 bits per heavy atom. The maximum atomic E-state index is 8.78. The number of nitrogens with zero attached hydrogens (tertiary/aromatic N) is 1. The van der Waals surface area contributed by atoms with E-state index in [-0.39, 0.29) is 5.84 Å². The molecule has 19 heavy (non-hydrogen) atoms. The van der Waals surface area contributed by atoms with Crippen LogP contribution in [0, 0.1) is 0 Å². The molecule has 0 unspecified atom stereocenters. The van der Waals surface area contributed by atoms with Crippen molar-refractivity contribution in [1.82, 2.24) is 0 Å². The van der Waals surface area contributed by atoms with E-state index in [1.807, 2.05) is 36.6 Å². The molecule has 0 aromatic heterocycles. The van der Waals surface area contributed by atoms with Crippen LogP contribution in [0.3, 0.4) is 0 Å². The lowest BCUT2D eigenvalue weighted by atomic mass is 10.2. The molecule has 3 N–H and O–H groups in total. The highest BCUT2D eigenvalue weighted by atomic mass is 32.2. The van der Waals surface area contributed by atoms with Crippen molar-refractivity contribution in [2.75, 3.05) is 6.26 Å². The van der Waals surface area contributed by atoms with Crippen molar-refractivity contribution in [2.45, 2.75) is 4.90 Å². The number of hydrogen-bond donors (Lipinski definition) is 2. The standard InChI is InChI=1S/C14H14N2O2S/c1-19-13-9-5-4-8-12(13)18-11-7-3-2-6-10(11)14(15)16-17/h2-9,17H,1H3,(H2,15,16). The summed E-state index contributed by atoms with van der Waals surface area (Å²) in [5.74, 6) is 1.32. The predicted molar refractivity (Wildman–Crippen MR) is 77.2 cm³/mol. The highest BCUT2D eigenvalue weighted by Gasteiger charge is 2.10. The van der Waals surface area contributed by atoms with Crippen LogP contribution in [-0.4, -0.2) is 17.3 Å². The van der Waals surface area contributed by atoms with Crippen LogP contribution in [0.2, 0.25) is 0 Å². The topological polar surface area (TPSA) is 67.8 Å². The van der Waals surface area contributed by atoms with Gasteiger partial charge in [0.25, 0.3) is 0 Å². The summed E-state index contributed by atoms with van der Waals surface area (Å²) in [6, 6.07) is 14.9. The molecule has 0 radical (unpaired) electrons. The van der Waals surface area contributed by atoms with Gasteiger partial charge in [-0.05, 0) is 30.5 Å². The summed E-state index contributed by atoms with van der Waals surface area (Å²) in [6.07, 6.45) is 1.98. The maximum absolute atomic E-state index is 8.78. The lowest BCUT2D eigenvalue weighted by Crippen LogP contribution is -2.14. The first-order valence-electron chi connectivity index (χ1n) is 5.64. The summed E-state index contributed by atoms with van der Waals surface area (Å²) in [4.78, 5) is 1.02. The molecule has 5 heteroatoms. The number of ether oxygens (including phenoxy) is 1. The molecule has 0 atom stereocenters. The molecular weight excluding hydrogens is 260 g/mol. The first kappa shape index (κ1) is 13.3. The molecule has 0 saturated heterocycles. The zero-order valence-corrected chi connectivity index (χ0v) is 11.2. The van der Waals surface area contributed by atoms with E-state index >= 15 is 0 Å². The van der Waals surface area contributed by atoms with E-state index in [1.165, 1.54) is 0 Å². The van der Waals surface area contributed by atoms with E-state index in [9.17, 15) is 0 Å². The van der Waals surface area contributed by atoms with Gasteiger partial charge in [0, 0.05) is 4.90 Å². The maximum Gasteiger partial charge on any atom is 0.173 e. The van der Waals surface area contributed by atoms with Gasteiger partial charge in [0.15, 0.2) is 5.84 Å². The van der Waals surface area contributed by atoms with Crippen molar-refractivity contribution >= 4 is 17.6 Å². The molecule has 0 aliphatic heterocycles. The quantitative estimate of drug-likeness (QED) is 0.295. The van der Waals surface area contributed by atoms with Crippen molar-refractivity contribution in [2.24, 2.45) is 10.9 Å². The van der Waals surface area contributed by atoms with Gasteiger partial charge in [-0.1, -0.05) is 29.4 Å². The number of rotatable bonds is 4. The van der Waals surface area contributed by atoms with E-state index in [2.05, 4.69) is 5.16 Å².